The number of nitrogens with zero attached hydrogens (tertiary/aromatic N) is 3. The number of hydrogen-bond donors (Lipinski definition) is 1. The first-order valence-corrected chi connectivity index (χ1v) is 19.6. The Balaban J connectivity index is 1.09. The predicted octanol–water partition coefficient (Wildman–Crippen LogP) is 11.2. The summed E-state index contributed by atoms with van der Waals surface area (Å²) >= 11 is 0. The van der Waals surface area contributed by atoms with E-state index in [4.69, 9.17) is 9.47 Å². The van der Waals surface area contributed by atoms with Gasteiger partial charge in [-0.3, -0.25) is 4.98 Å². The van der Waals surface area contributed by atoms with Crippen molar-refractivity contribution in [2.24, 2.45) is 0 Å². The first-order chi connectivity index (χ1) is 25.7. The number of aromatic nitrogens is 1. The zero-order valence-corrected chi connectivity index (χ0v) is 31.8. The van der Waals surface area contributed by atoms with Crippen LogP contribution in [0.1, 0.15) is 108 Å². The molecule has 8 heteroatoms. The van der Waals surface area contributed by atoms with Crippen LogP contribution >= 0.6 is 0 Å². The molecule has 1 aromatic heterocycles. The molecule has 0 unspecified atom stereocenters. The summed E-state index contributed by atoms with van der Waals surface area (Å²) in [6.45, 7) is 7.16. The molecule has 0 spiro atoms. The minimum absolute atomic E-state index is 0.181. The number of carbonyl (C=O) groups excluding carboxylic acids is 2. The van der Waals surface area contributed by atoms with E-state index in [0.717, 1.165) is 77.8 Å². The van der Waals surface area contributed by atoms with Crippen molar-refractivity contribution in [2.45, 2.75) is 129 Å². The molecule has 1 N–H and O–H groups in total. The van der Waals surface area contributed by atoms with Gasteiger partial charge in [0.25, 0.3) is 0 Å². The molecule has 3 aromatic carbocycles. The number of hydrogen-bond acceptors (Lipinski definition) is 5. The van der Waals surface area contributed by atoms with Crippen LogP contribution in [0.5, 0.6) is 5.75 Å². The third-order valence-corrected chi connectivity index (χ3v) is 10.2. The third kappa shape index (κ3) is 11.6. The molecule has 0 atom stereocenters. The number of nitrogens with one attached hydrogen (secondary N) is 1. The highest BCUT2D eigenvalue weighted by Gasteiger charge is 2.29. The Labute approximate surface area is 315 Å². The summed E-state index contributed by atoms with van der Waals surface area (Å²) in [5.41, 5.74) is 5.45. The Hall–Kier alpha value is -4.85. The number of rotatable bonds is 11. The first kappa shape index (κ1) is 37.9. The Morgan fingerprint density at radius 2 is 1.26 bits per heavy atom. The van der Waals surface area contributed by atoms with Crippen molar-refractivity contribution in [2.75, 3.05) is 5.32 Å². The molecular weight excluding hydrogens is 661 g/mol. The average Bonchev–Trinajstić information content (AvgIpc) is 3.43. The molecule has 6 rings (SSSR count). The van der Waals surface area contributed by atoms with Crippen LogP contribution in [0.25, 0.3) is 11.1 Å². The van der Waals surface area contributed by atoms with E-state index in [-0.39, 0.29) is 24.3 Å². The van der Waals surface area contributed by atoms with Crippen LogP contribution in [-0.2, 0) is 24.4 Å². The van der Waals surface area contributed by atoms with E-state index in [9.17, 15) is 9.59 Å². The fourth-order valence-electron chi connectivity index (χ4n) is 7.36. The summed E-state index contributed by atoms with van der Waals surface area (Å²) in [5.74, 6) is 0.846. The number of carbonyl (C=O) groups is 2. The normalized spacial score (nSPS) is 15.6. The van der Waals surface area contributed by atoms with E-state index in [1.807, 2.05) is 62.1 Å². The lowest BCUT2D eigenvalue weighted by Crippen LogP contribution is -2.43. The van der Waals surface area contributed by atoms with Gasteiger partial charge in [-0.15, -0.1) is 0 Å². The van der Waals surface area contributed by atoms with Gasteiger partial charge < -0.3 is 24.6 Å². The van der Waals surface area contributed by atoms with Gasteiger partial charge in [-0.25, -0.2) is 9.59 Å². The van der Waals surface area contributed by atoms with Gasteiger partial charge in [-0.2, -0.15) is 0 Å². The molecule has 4 aromatic rings. The van der Waals surface area contributed by atoms with Crippen LogP contribution in [-0.4, -0.2) is 44.7 Å². The van der Waals surface area contributed by atoms with Crippen molar-refractivity contribution in [3.05, 3.63) is 114 Å². The summed E-state index contributed by atoms with van der Waals surface area (Å²) in [6.07, 6.45) is 16.4. The Morgan fingerprint density at radius 1 is 0.698 bits per heavy atom. The van der Waals surface area contributed by atoms with Crippen molar-refractivity contribution in [3.8, 4) is 16.9 Å². The van der Waals surface area contributed by atoms with E-state index in [2.05, 4.69) is 58.8 Å². The molecule has 2 saturated carbocycles. The lowest BCUT2D eigenvalue weighted by molar-refractivity contribution is 0.00988. The van der Waals surface area contributed by atoms with Gasteiger partial charge in [0.1, 0.15) is 11.4 Å². The molecule has 2 aliphatic carbocycles. The second-order valence-electron chi connectivity index (χ2n) is 15.7. The zero-order chi connectivity index (χ0) is 37.0. The largest absolute Gasteiger partial charge is 0.490 e. The van der Waals surface area contributed by atoms with Gasteiger partial charge in [-0.05, 0) is 117 Å². The maximum Gasteiger partial charge on any atom is 0.410 e. The van der Waals surface area contributed by atoms with E-state index in [0.29, 0.717) is 19.6 Å². The Kier molecular flexibility index (Phi) is 13.1. The Morgan fingerprint density at radius 3 is 1.85 bits per heavy atom. The van der Waals surface area contributed by atoms with Crippen molar-refractivity contribution in [1.82, 2.24) is 14.8 Å². The summed E-state index contributed by atoms with van der Waals surface area (Å²) in [4.78, 5) is 35.0. The predicted molar refractivity (Wildman–Crippen MR) is 212 cm³/mol. The van der Waals surface area contributed by atoms with E-state index in [1.165, 1.54) is 32.1 Å². The molecule has 0 saturated heterocycles. The fraction of sp³-hybridized carbons (Fsp3) is 0.444. The van der Waals surface area contributed by atoms with E-state index >= 15 is 0 Å². The summed E-state index contributed by atoms with van der Waals surface area (Å²) in [7, 11) is 0. The van der Waals surface area contributed by atoms with Crippen LogP contribution in [0.4, 0.5) is 15.3 Å². The lowest BCUT2D eigenvalue weighted by Gasteiger charge is -2.35. The van der Waals surface area contributed by atoms with Gasteiger partial charge in [-0.1, -0.05) is 86.7 Å². The number of urea groups is 1. The number of ether oxygens (including phenoxy) is 2. The van der Waals surface area contributed by atoms with Gasteiger partial charge >= 0.3 is 12.1 Å². The van der Waals surface area contributed by atoms with Crippen LogP contribution in [0, 0.1) is 0 Å². The fourth-order valence-corrected chi connectivity index (χ4v) is 7.36. The highest BCUT2D eigenvalue weighted by Crippen LogP contribution is 2.28. The van der Waals surface area contributed by atoms with Gasteiger partial charge in [0.05, 0.1) is 6.10 Å². The molecule has 0 aliphatic heterocycles. The average molecular weight is 717 g/mol. The molecule has 0 bridgehead atoms. The zero-order valence-electron chi connectivity index (χ0n) is 31.8. The molecule has 2 aliphatic rings. The maximum atomic E-state index is 13.7. The molecule has 8 nitrogen and oxygen atoms in total. The number of pyridine rings is 1. The SMILES string of the molecule is CC(C)(C)OC(=O)N(Cc1ccc(-c2ccc(CN(Cc3cccnc3)C(=O)Nc3ccc(OC4CCCCCC4)cc3)cc2)cc1)C1CCCCC1. The van der Waals surface area contributed by atoms with Crippen LogP contribution < -0.4 is 10.1 Å². The first-order valence-electron chi connectivity index (χ1n) is 19.6. The monoisotopic (exact) mass is 716 g/mol. The van der Waals surface area contributed by atoms with E-state index in [1.54, 1.807) is 17.3 Å². The second-order valence-corrected chi connectivity index (χ2v) is 15.7. The third-order valence-electron chi connectivity index (χ3n) is 10.2. The molecular formula is C45H56N4O4. The molecule has 3 amide bonds. The van der Waals surface area contributed by atoms with Crippen molar-refractivity contribution < 1.29 is 19.1 Å². The van der Waals surface area contributed by atoms with Crippen molar-refractivity contribution in [3.63, 3.8) is 0 Å². The molecule has 0 radical (unpaired) electrons. The highest BCUT2D eigenvalue weighted by atomic mass is 16.6. The quantitative estimate of drug-likeness (QED) is 0.156. The lowest BCUT2D eigenvalue weighted by atomic mass is 9.94. The molecule has 1 heterocycles. The number of amides is 3. The molecule has 280 valence electrons. The smallest absolute Gasteiger partial charge is 0.410 e. The maximum absolute atomic E-state index is 13.7. The minimum Gasteiger partial charge on any atom is -0.490 e. The topological polar surface area (TPSA) is 84.0 Å². The van der Waals surface area contributed by atoms with Crippen LogP contribution in [0.3, 0.4) is 0 Å². The van der Waals surface area contributed by atoms with Crippen molar-refractivity contribution in [1.29, 1.82) is 0 Å². The van der Waals surface area contributed by atoms with Gasteiger partial charge in [0, 0.05) is 43.8 Å². The molecule has 53 heavy (non-hydrogen) atoms. The summed E-state index contributed by atoms with van der Waals surface area (Å²) in [6, 6.07) is 28.5. The number of benzene rings is 3. The van der Waals surface area contributed by atoms with Gasteiger partial charge in [0.2, 0.25) is 0 Å². The van der Waals surface area contributed by atoms with Crippen LogP contribution in [0.2, 0.25) is 0 Å². The number of anilines is 1. The highest BCUT2D eigenvalue weighted by molar-refractivity contribution is 5.89. The van der Waals surface area contributed by atoms with Gasteiger partial charge in [0.15, 0.2) is 0 Å². The van der Waals surface area contributed by atoms with Crippen molar-refractivity contribution >= 4 is 17.8 Å². The minimum atomic E-state index is -0.533. The van der Waals surface area contributed by atoms with Crippen LogP contribution in [0.15, 0.2) is 97.3 Å². The second kappa shape index (κ2) is 18.3. The van der Waals surface area contributed by atoms with E-state index < -0.39 is 5.60 Å². The summed E-state index contributed by atoms with van der Waals surface area (Å²) < 4.78 is 12.1. The standard InChI is InChI=1S/C45H56N4O4/c1-45(2,3)53-44(51)49(40-13-7-6-8-14-40)33-35-19-23-38(24-20-35)37-21-17-34(18-22-37)31-48(32-36-12-11-29-46-30-36)43(50)47-39-25-27-42(28-26-39)52-41-15-9-4-5-10-16-41/h11-12,17-30,40-41H,4-10,13-16,31-33H2,1-3H3,(H,47,50). The molecule has 2 fully saturated rings. The summed E-state index contributed by atoms with van der Waals surface area (Å²) in [5, 5.41) is 3.10. The Bertz CT molecular complexity index is 1720.